The van der Waals surface area contributed by atoms with E-state index in [1.54, 1.807) is 24.5 Å². The Kier molecular flexibility index (Phi) is 4.19. The van der Waals surface area contributed by atoms with Crippen molar-refractivity contribution in [3.8, 4) is 34.2 Å². The van der Waals surface area contributed by atoms with Crippen molar-refractivity contribution in [2.45, 2.75) is 6.61 Å². The van der Waals surface area contributed by atoms with E-state index >= 15 is 0 Å². The van der Waals surface area contributed by atoms with Gasteiger partial charge >= 0.3 is 0 Å². The van der Waals surface area contributed by atoms with Crippen molar-refractivity contribution in [1.29, 1.82) is 0 Å². The van der Waals surface area contributed by atoms with Gasteiger partial charge in [0.15, 0.2) is 17.5 Å². The summed E-state index contributed by atoms with van der Waals surface area (Å²) in [6.45, 7) is -0.0520. The van der Waals surface area contributed by atoms with Gasteiger partial charge in [-0.2, -0.15) is 5.10 Å². The highest BCUT2D eigenvalue weighted by atomic mass is 16.3. The Balaban J connectivity index is 1.74. The molecule has 9 nitrogen and oxygen atoms in total. The number of nitrogen functional groups attached to an aromatic ring is 2. The molecule has 0 spiro atoms. The molecule has 27 heavy (non-hydrogen) atoms. The number of benzene rings is 1. The molecule has 0 saturated carbocycles. The maximum absolute atomic E-state index is 9.32. The number of hydrogen-bond acceptors (Lipinski definition) is 8. The number of nitrogens with zero attached hydrogens (tertiary/aromatic N) is 5. The second-order valence-corrected chi connectivity index (χ2v) is 5.82. The van der Waals surface area contributed by atoms with Crippen LogP contribution in [0, 0.1) is 0 Å². The van der Waals surface area contributed by atoms with Crippen LogP contribution < -0.4 is 11.5 Å². The molecule has 9 heteroatoms. The molecule has 0 atom stereocenters. The molecular weight excluding hydrogens is 344 g/mol. The van der Waals surface area contributed by atoms with E-state index in [4.69, 9.17) is 11.5 Å². The number of H-pyrrole nitrogens is 1. The Morgan fingerprint density at radius 2 is 1.89 bits per heavy atom. The van der Waals surface area contributed by atoms with E-state index < -0.39 is 0 Å². The number of nitrogens with one attached hydrogen (secondary N) is 1. The molecule has 0 saturated heterocycles. The van der Waals surface area contributed by atoms with Crippen molar-refractivity contribution in [3.05, 3.63) is 54.4 Å². The van der Waals surface area contributed by atoms with Gasteiger partial charge in [-0.25, -0.2) is 19.9 Å². The van der Waals surface area contributed by atoms with Gasteiger partial charge in [-0.15, -0.1) is 0 Å². The maximum atomic E-state index is 9.32. The van der Waals surface area contributed by atoms with Crippen LogP contribution in [-0.4, -0.2) is 35.2 Å². The zero-order valence-electron chi connectivity index (χ0n) is 14.2. The van der Waals surface area contributed by atoms with Crippen LogP contribution in [0.25, 0.3) is 34.2 Å². The molecule has 4 rings (SSSR count). The largest absolute Gasteiger partial charge is 0.392 e. The van der Waals surface area contributed by atoms with Gasteiger partial charge in [-0.05, 0) is 23.8 Å². The van der Waals surface area contributed by atoms with E-state index in [-0.39, 0.29) is 12.4 Å². The summed E-state index contributed by atoms with van der Waals surface area (Å²) in [7, 11) is 0. The predicted molar refractivity (Wildman–Crippen MR) is 101 cm³/mol. The first kappa shape index (κ1) is 16.6. The fourth-order valence-electron chi connectivity index (χ4n) is 2.63. The third-order valence-electron chi connectivity index (χ3n) is 3.96. The first-order chi connectivity index (χ1) is 13.1. The number of aliphatic hydroxyl groups excluding tert-OH is 1. The summed E-state index contributed by atoms with van der Waals surface area (Å²) in [6, 6.07) is 10.8. The molecule has 0 radical (unpaired) electrons. The molecule has 0 aliphatic carbocycles. The summed E-state index contributed by atoms with van der Waals surface area (Å²) in [5.74, 6) is 1.46. The lowest BCUT2D eigenvalue weighted by molar-refractivity contribution is 0.282. The number of nitrogens with two attached hydrogens (primary N) is 2. The van der Waals surface area contributed by atoms with E-state index in [9.17, 15) is 5.11 Å². The summed E-state index contributed by atoms with van der Waals surface area (Å²) in [5, 5.41) is 16.4. The number of hydrogen-bond donors (Lipinski definition) is 4. The van der Waals surface area contributed by atoms with Crippen LogP contribution in [0.4, 0.5) is 11.6 Å². The van der Waals surface area contributed by atoms with Gasteiger partial charge in [0.2, 0.25) is 0 Å². The zero-order valence-corrected chi connectivity index (χ0v) is 14.2. The highest BCUT2D eigenvalue weighted by molar-refractivity contribution is 5.70. The number of aliphatic hydroxyl groups is 1. The molecule has 0 bridgehead atoms. The number of aromatic nitrogens is 6. The lowest BCUT2D eigenvalue weighted by atomic mass is 10.1. The van der Waals surface area contributed by atoms with Gasteiger partial charge in [0, 0.05) is 17.3 Å². The molecule has 0 amide bonds. The first-order valence-corrected chi connectivity index (χ1v) is 8.11. The molecule has 0 aliphatic rings. The molecule has 6 N–H and O–H groups in total. The molecule has 0 unspecified atom stereocenters. The van der Waals surface area contributed by atoms with Crippen molar-refractivity contribution in [1.82, 2.24) is 30.1 Å². The van der Waals surface area contributed by atoms with Crippen LogP contribution in [0.3, 0.4) is 0 Å². The fraction of sp³-hybridized carbons (Fsp3) is 0.0556. The number of pyridine rings is 1. The Labute approximate surface area is 154 Å². The zero-order chi connectivity index (χ0) is 18.8. The van der Waals surface area contributed by atoms with E-state index in [1.165, 1.54) is 0 Å². The van der Waals surface area contributed by atoms with Crippen LogP contribution in [0.2, 0.25) is 0 Å². The maximum Gasteiger partial charge on any atom is 0.181 e. The SMILES string of the molecule is Nc1cc(-c2n[nH]c(-c3nc(-c4cccc(CO)c4)cnc3N)n2)ccn1. The van der Waals surface area contributed by atoms with Gasteiger partial charge < -0.3 is 16.6 Å². The van der Waals surface area contributed by atoms with E-state index in [0.717, 1.165) is 16.7 Å². The van der Waals surface area contributed by atoms with Crippen molar-refractivity contribution >= 4 is 11.6 Å². The standard InChI is InChI=1S/C18H16N8O/c19-14-7-12(4-5-21-14)17-24-18(26-25-17)15-16(20)22-8-13(23-15)11-3-1-2-10(6-11)9-27/h1-8,27H,9H2,(H2,19,21)(H2,20,22)(H,24,25,26). The average Bonchev–Trinajstić information content (AvgIpc) is 3.18. The molecule has 0 aliphatic heterocycles. The monoisotopic (exact) mass is 360 g/mol. The van der Waals surface area contributed by atoms with Crippen molar-refractivity contribution in [2.24, 2.45) is 0 Å². The van der Waals surface area contributed by atoms with Gasteiger partial charge in [0.1, 0.15) is 11.5 Å². The van der Waals surface area contributed by atoms with Crippen LogP contribution in [0.5, 0.6) is 0 Å². The van der Waals surface area contributed by atoms with Crippen molar-refractivity contribution < 1.29 is 5.11 Å². The summed E-state index contributed by atoms with van der Waals surface area (Å²) >= 11 is 0. The summed E-state index contributed by atoms with van der Waals surface area (Å²) in [6.07, 6.45) is 3.17. The number of rotatable bonds is 4. The van der Waals surface area contributed by atoms with Gasteiger partial charge in [0.05, 0.1) is 18.5 Å². The van der Waals surface area contributed by atoms with E-state index in [1.807, 2.05) is 24.3 Å². The average molecular weight is 360 g/mol. The summed E-state index contributed by atoms with van der Waals surface area (Å²) in [5.41, 5.74) is 15.0. The Morgan fingerprint density at radius 3 is 2.70 bits per heavy atom. The Bertz CT molecular complexity index is 1110. The van der Waals surface area contributed by atoms with Crippen molar-refractivity contribution in [2.75, 3.05) is 11.5 Å². The lowest BCUT2D eigenvalue weighted by Gasteiger charge is -2.06. The lowest BCUT2D eigenvalue weighted by Crippen LogP contribution is -2.00. The fourth-order valence-corrected chi connectivity index (χ4v) is 2.63. The summed E-state index contributed by atoms with van der Waals surface area (Å²) < 4.78 is 0. The van der Waals surface area contributed by atoms with E-state index in [0.29, 0.717) is 28.9 Å². The number of anilines is 2. The number of aromatic amines is 1. The third-order valence-corrected chi connectivity index (χ3v) is 3.96. The highest BCUT2D eigenvalue weighted by Gasteiger charge is 2.15. The second-order valence-electron chi connectivity index (χ2n) is 5.82. The summed E-state index contributed by atoms with van der Waals surface area (Å²) in [4.78, 5) is 17.2. The Morgan fingerprint density at radius 1 is 1.00 bits per heavy atom. The van der Waals surface area contributed by atoms with Crippen LogP contribution >= 0.6 is 0 Å². The van der Waals surface area contributed by atoms with Crippen LogP contribution in [-0.2, 0) is 6.61 Å². The van der Waals surface area contributed by atoms with Gasteiger partial charge in [0.25, 0.3) is 0 Å². The molecule has 3 aromatic heterocycles. The molecule has 0 fully saturated rings. The first-order valence-electron chi connectivity index (χ1n) is 8.11. The Hall–Kier alpha value is -3.85. The van der Waals surface area contributed by atoms with Crippen molar-refractivity contribution in [3.63, 3.8) is 0 Å². The normalized spacial score (nSPS) is 10.9. The molecule has 3 heterocycles. The quantitative estimate of drug-likeness (QED) is 0.428. The molecule has 4 aromatic rings. The van der Waals surface area contributed by atoms with E-state index in [2.05, 4.69) is 30.1 Å². The molecule has 134 valence electrons. The van der Waals surface area contributed by atoms with Gasteiger partial charge in [-0.3, -0.25) is 5.10 Å². The van der Waals surface area contributed by atoms with Crippen LogP contribution in [0.15, 0.2) is 48.8 Å². The third kappa shape index (κ3) is 3.31. The minimum Gasteiger partial charge on any atom is -0.392 e. The highest BCUT2D eigenvalue weighted by Crippen LogP contribution is 2.26. The topological polar surface area (TPSA) is 153 Å². The van der Waals surface area contributed by atoms with Gasteiger partial charge in [-0.1, -0.05) is 18.2 Å². The minimum absolute atomic E-state index is 0.0520. The predicted octanol–water partition coefficient (Wildman–Crippen LogP) is 1.65. The molecule has 1 aromatic carbocycles. The second kappa shape index (κ2) is 6.81. The molecular formula is C18H16N8O. The minimum atomic E-state index is -0.0520. The van der Waals surface area contributed by atoms with Crippen LogP contribution in [0.1, 0.15) is 5.56 Å². The smallest absolute Gasteiger partial charge is 0.181 e.